The van der Waals surface area contributed by atoms with Crippen LogP contribution < -0.4 is 16.4 Å². The Kier molecular flexibility index (Phi) is 2.77. The number of hydrogen-bond donors (Lipinski definition) is 3. The summed E-state index contributed by atoms with van der Waals surface area (Å²) in [4.78, 5) is 13.4. The summed E-state index contributed by atoms with van der Waals surface area (Å²) < 4.78 is 0. The summed E-state index contributed by atoms with van der Waals surface area (Å²) in [5.74, 6) is -0.204. The molecule has 0 atom stereocenters. The molecule has 0 spiro atoms. The number of rotatable bonds is 2. The lowest BCUT2D eigenvalue weighted by Gasteiger charge is -2.33. The van der Waals surface area contributed by atoms with Gasteiger partial charge in [0.05, 0.1) is 23.1 Å². The van der Waals surface area contributed by atoms with Gasteiger partial charge in [-0.05, 0) is 25.0 Å². The maximum atomic E-state index is 11.2. The molecular formula is C13H17N5O. The van der Waals surface area contributed by atoms with Crippen LogP contribution in [-0.4, -0.2) is 29.2 Å². The molecule has 0 radical (unpaired) electrons. The topological polar surface area (TPSA) is 101 Å². The average molecular weight is 259 g/mol. The third-order valence-corrected chi connectivity index (χ3v) is 3.83. The van der Waals surface area contributed by atoms with Crippen LogP contribution in [0, 0.1) is 5.92 Å². The summed E-state index contributed by atoms with van der Waals surface area (Å²) in [6, 6.07) is 3.94. The molecule has 6 nitrogen and oxygen atoms in total. The van der Waals surface area contributed by atoms with E-state index in [-0.39, 0.29) is 11.8 Å². The number of benzene rings is 1. The number of fused-ring (bicyclic) bond motifs is 1. The molecule has 1 aliphatic rings. The van der Waals surface area contributed by atoms with E-state index >= 15 is 0 Å². The lowest BCUT2D eigenvalue weighted by atomic mass is 9.95. The molecule has 1 aromatic carbocycles. The van der Waals surface area contributed by atoms with Crippen molar-refractivity contribution < 1.29 is 4.79 Å². The molecule has 2 aromatic rings. The largest absolute Gasteiger partial charge is 0.397 e. The fourth-order valence-corrected chi connectivity index (χ4v) is 2.68. The molecular weight excluding hydrogens is 242 g/mol. The third kappa shape index (κ3) is 2.09. The number of nitrogens with two attached hydrogens (primary N) is 2. The molecule has 19 heavy (non-hydrogen) atoms. The smallest absolute Gasteiger partial charge is 0.220 e. The minimum atomic E-state index is -0.198. The number of carbonyl (C=O) groups excluding carboxylic acids is 1. The van der Waals surface area contributed by atoms with Gasteiger partial charge in [-0.2, -0.15) is 5.10 Å². The van der Waals surface area contributed by atoms with Crippen molar-refractivity contribution >= 4 is 28.2 Å². The normalized spacial score (nSPS) is 16.9. The van der Waals surface area contributed by atoms with Crippen LogP contribution in [-0.2, 0) is 4.79 Å². The van der Waals surface area contributed by atoms with Gasteiger partial charge in [-0.15, -0.1) is 0 Å². The Morgan fingerprint density at radius 1 is 1.37 bits per heavy atom. The van der Waals surface area contributed by atoms with E-state index in [2.05, 4.69) is 15.1 Å². The number of H-pyrrole nitrogens is 1. The summed E-state index contributed by atoms with van der Waals surface area (Å²) in [7, 11) is 0. The highest BCUT2D eigenvalue weighted by atomic mass is 16.1. The maximum Gasteiger partial charge on any atom is 0.220 e. The van der Waals surface area contributed by atoms with Gasteiger partial charge in [0.15, 0.2) is 0 Å². The van der Waals surface area contributed by atoms with Gasteiger partial charge in [0, 0.05) is 24.4 Å². The van der Waals surface area contributed by atoms with E-state index in [0.717, 1.165) is 48.2 Å². The monoisotopic (exact) mass is 259 g/mol. The summed E-state index contributed by atoms with van der Waals surface area (Å²) in [6.45, 7) is 1.61. The zero-order valence-corrected chi connectivity index (χ0v) is 10.6. The first-order valence-corrected chi connectivity index (χ1v) is 6.42. The minimum absolute atomic E-state index is 0.00615. The molecule has 3 rings (SSSR count). The number of nitrogen functional groups attached to an aromatic ring is 1. The molecule has 100 valence electrons. The predicted octanol–water partition coefficient (Wildman–Crippen LogP) is 0.847. The van der Waals surface area contributed by atoms with E-state index in [1.54, 1.807) is 6.20 Å². The predicted molar refractivity (Wildman–Crippen MR) is 74.6 cm³/mol. The highest BCUT2D eigenvalue weighted by molar-refractivity contribution is 5.89. The molecule has 1 saturated heterocycles. The lowest BCUT2D eigenvalue weighted by Crippen LogP contribution is -2.38. The van der Waals surface area contributed by atoms with Crippen molar-refractivity contribution in [1.29, 1.82) is 0 Å². The van der Waals surface area contributed by atoms with Gasteiger partial charge in [0.1, 0.15) is 0 Å². The molecule has 0 aliphatic carbocycles. The van der Waals surface area contributed by atoms with Crippen LogP contribution in [0.15, 0.2) is 18.3 Å². The first kappa shape index (κ1) is 11.8. The number of nitrogens with one attached hydrogen (secondary N) is 1. The molecule has 1 fully saturated rings. The summed E-state index contributed by atoms with van der Waals surface area (Å²) in [5.41, 5.74) is 14.2. The Bertz CT molecular complexity index is 613. The van der Waals surface area contributed by atoms with Crippen LogP contribution in [0.3, 0.4) is 0 Å². The van der Waals surface area contributed by atoms with E-state index in [0.29, 0.717) is 0 Å². The molecule has 2 heterocycles. The highest BCUT2D eigenvalue weighted by Gasteiger charge is 2.24. The van der Waals surface area contributed by atoms with Crippen LogP contribution in [0.25, 0.3) is 10.9 Å². The number of aromatic amines is 1. The van der Waals surface area contributed by atoms with Crippen LogP contribution in [0.4, 0.5) is 11.4 Å². The molecule has 1 aliphatic heterocycles. The standard InChI is InChI=1S/C13H17N5O/c14-10-5-9-7-16-17-11(9)6-12(10)18-3-1-8(2-4-18)13(15)19/h5-8H,1-4,14H2,(H2,15,19)(H,16,17). The Balaban J connectivity index is 1.85. The minimum Gasteiger partial charge on any atom is -0.397 e. The second-order valence-corrected chi connectivity index (χ2v) is 5.03. The van der Waals surface area contributed by atoms with Crippen molar-refractivity contribution in [3.8, 4) is 0 Å². The number of aromatic nitrogens is 2. The fourth-order valence-electron chi connectivity index (χ4n) is 2.68. The van der Waals surface area contributed by atoms with E-state index in [1.807, 2.05) is 12.1 Å². The van der Waals surface area contributed by atoms with Crippen LogP contribution in [0.2, 0.25) is 0 Å². The van der Waals surface area contributed by atoms with Crippen molar-refractivity contribution in [2.75, 3.05) is 23.7 Å². The zero-order valence-electron chi connectivity index (χ0n) is 10.6. The van der Waals surface area contributed by atoms with Crippen molar-refractivity contribution in [3.05, 3.63) is 18.3 Å². The Labute approximate surface area is 110 Å². The second-order valence-electron chi connectivity index (χ2n) is 5.03. The quantitative estimate of drug-likeness (QED) is 0.696. The number of carbonyl (C=O) groups is 1. The SMILES string of the molecule is NC(=O)C1CCN(c2cc3[nH]ncc3cc2N)CC1. The van der Waals surface area contributed by atoms with Gasteiger partial charge in [-0.3, -0.25) is 9.89 Å². The number of nitrogens with zero attached hydrogens (tertiary/aromatic N) is 2. The third-order valence-electron chi connectivity index (χ3n) is 3.83. The molecule has 0 bridgehead atoms. The van der Waals surface area contributed by atoms with Gasteiger partial charge >= 0.3 is 0 Å². The second kappa shape index (κ2) is 4.46. The van der Waals surface area contributed by atoms with E-state index < -0.39 is 0 Å². The van der Waals surface area contributed by atoms with Crippen LogP contribution >= 0.6 is 0 Å². The van der Waals surface area contributed by atoms with Crippen LogP contribution in [0.1, 0.15) is 12.8 Å². The fraction of sp³-hybridized carbons (Fsp3) is 0.385. The summed E-state index contributed by atoms with van der Waals surface area (Å²) in [6.07, 6.45) is 3.33. The number of hydrogen-bond acceptors (Lipinski definition) is 4. The number of primary amides is 1. The van der Waals surface area contributed by atoms with Gasteiger partial charge in [0.2, 0.25) is 5.91 Å². The van der Waals surface area contributed by atoms with Gasteiger partial charge < -0.3 is 16.4 Å². The van der Waals surface area contributed by atoms with Crippen molar-refractivity contribution in [2.45, 2.75) is 12.8 Å². The Hall–Kier alpha value is -2.24. The van der Waals surface area contributed by atoms with Crippen molar-refractivity contribution in [1.82, 2.24) is 10.2 Å². The molecule has 1 amide bonds. The van der Waals surface area contributed by atoms with Gasteiger partial charge in [0.25, 0.3) is 0 Å². The number of anilines is 2. The number of piperidine rings is 1. The summed E-state index contributed by atoms with van der Waals surface area (Å²) in [5, 5.41) is 7.96. The van der Waals surface area contributed by atoms with Crippen molar-refractivity contribution in [2.24, 2.45) is 11.7 Å². The molecule has 0 saturated carbocycles. The van der Waals surface area contributed by atoms with Gasteiger partial charge in [-0.25, -0.2) is 0 Å². The molecule has 0 unspecified atom stereocenters. The van der Waals surface area contributed by atoms with Crippen molar-refractivity contribution in [3.63, 3.8) is 0 Å². The van der Waals surface area contributed by atoms with E-state index in [4.69, 9.17) is 11.5 Å². The first-order chi connectivity index (χ1) is 9.15. The zero-order chi connectivity index (χ0) is 13.4. The van der Waals surface area contributed by atoms with E-state index in [1.165, 1.54) is 0 Å². The van der Waals surface area contributed by atoms with Crippen LogP contribution in [0.5, 0.6) is 0 Å². The highest BCUT2D eigenvalue weighted by Crippen LogP contribution is 2.31. The average Bonchev–Trinajstić information content (AvgIpc) is 2.85. The Morgan fingerprint density at radius 3 is 2.79 bits per heavy atom. The van der Waals surface area contributed by atoms with Gasteiger partial charge in [-0.1, -0.05) is 0 Å². The van der Waals surface area contributed by atoms with E-state index in [9.17, 15) is 4.79 Å². The molecule has 5 N–H and O–H groups in total. The Morgan fingerprint density at radius 2 is 2.11 bits per heavy atom. The lowest BCUT2D eigenvalue weighted by molar-refractivity contribution is -0.122. The number of amides is 1. The summed E-state index contributed by atoms with van der Waals surface area (Å²) >= 11 is 0. The molecule has 6 heteroatoms. The maximum absolute atomic E-state index is 11.2. The molecule has 1 aromatic heterocycles. The first-order valence-electron chi connectivity index (χ1n) is 6.42.